The van der Waals surface area contributed by atoms with E-state index >= 15 is 0 Å². The van der Waals surface area contributed by atoms with Crippen LogP contribution in [0.15, 0.2) is 18.2 Å². The first-order valence-corrected chi connectivity index (χ1v) is 8.52. The van der Waals surface area contributed by atoms with E-state index in [4.69, 9.17) is 29.6 Å². The molecule has 2 rings (SSSR count). The van der Waals surface area contributed by atoms with Gasteiger partial charge in [0.2, 0.25) is 0 Å². The summed E-state index contributed by atoms with van der Waals surface area (Å²) in [6, 6.07) is 5.35. The molecular formula is C12H15ClN2O2S2. The molecule has 0 bridgehead atoms. The number of hydrogen-bond acceptors (Lipinski definition) is 4. The van der Waals surface area contributed by atoms with Crippen molar-refractivity contribution in [1.29, 1.82) is 0 Å². The number of nitrogens with two attached hydrogens (primary N) is 1. The average molecular weight is 319 g/mol. The Morgan fingerprint density at radius 2 is 2.26 bits per heavy atom. The molecule has 19 heavy (non-hydrogen) atoms. The highest BCUT2D eigenvalue weighted by atomic mass is 35.5. The molecular weight excluding hydrogens is 304 g/mol. The SMILES string of the molecule is NC(=S)c1ccc(NCC2CCS(=O)(=O)C2)cc1Cl. The summed E-state index contributed by atoms with van der Waals surface area (Å²) in [7, 11) is -2.83. The molecule has 1 atom stereocenters. The van der Waals surface area contributed by atoms with Crippen molar-refractivity contribution in [3.63, 3.8) is 0 Å². The standard InChI is InChI=1S/C12H15ClN2O2S2/c13-11-5-9(1-2-10(11)12(14)18)15-6-8-3-4-19(16,17)7-8/h1-2,5,8,15H,3-4,6-7H2,(H2,14,18). The Morgan fingerprint density at radius 3 is 2.79 bits per heavy atom. The summed E-state index contributed by atoms with van der Waals surface area (Å²) >= 11 is 10.9. The highest BCUT2D eigenvalue weighted by Crippen LogP contribution is 2.23. The molecule has 1 unspecified atom stereocenters. The van der Waals surface area contributed by atoms with E-state index in [2.05, 4.69) is 5.32 Å². The Balaban J connectivity index is 1.97. The minimum absolute atomic E-state index is 0.166. The van der Waals surface area contributed by atoms with Crippen LogP contribution in [-0.4, -0.2) is 31.5 Å². The summed E-state index contributed by atoms with van der Waals surface area (Å²) in [5, 5.41) is 3.70. The first-order valence-electron chi connectivity index (χ1n) is 5.91. The number of anilines is 1. The molecule has 1 aliphatic rings. The maximum Gasteiger partial charge on any atom is 0.150 e. The fraction of sp³-hybridized carbons (Fsp3) is 0.417. The van der Waals surface area contributed by atoms with E-state index in [0.29, 0.717) is 29.3 Å². The van der Waals surface area contributed by atoms with Gasteiger partial charge in [0, 0.05) is 17.8 Å². The summed E-state index contributed by atoms with van der Waals surface area (Å²) in [6.45, 7) is 0.627. The van der Waals surface area contributed by atoms with Crippen molar-refractivity contribution in [2.75, 3.05) is 23.4 Å². The molecule has 1 fully saturated rings. The number of nitrogens with one attached hydrogen (secondary N) is 1. The lowest BCUT2D eigenvalue weighted by Crippen LogP contribution is -2.16. The van der Waals surface area contributed by atoms with E-state index in [1.165, 1.54) is 0 Å². The van der Waals surface area contributed by atoms with Gasteiger partial charge in [-0.2, -0.15) is 0 Å². The van der Waals surface area contributed by atoms with Crippen molar-refractivity contribution in [3.05, 3.63) is 28.8 Å². The van der Waals surface area contributed by atoms with Crippen LogP contribution in [0, 0.1) is 5.92 Å². The van der Waals surface area contributed by atoms with Gasteiger partial charge in [0.1, 0.15) is 4.99 Å². The topological polar surface area (TPSA) is 72.2 Å². The maximum absolute atomic E-state index is 11.3. The first-order chi connectivity index (χ1) is 8.87. The summed E-state index contributed by atoms with van der Waals surface area (Å²) in [5.41, 5.74) is 7.01. The number of benzene rings is 1. The van der Waals surface area contributed by atoms with Gasteiger partial charge < -0.3 is 11.1 Å². The van der Waals surface area contributed by atoms with Gasteiger partial charge >= 0.3 is 0 Å². The number of sulfone groups is 1. The molecule has 1 aliphatic heterocycles. The lowest BCUT2D eigenvalue weighted by molar-refractivity contribution is 0.596. The van der Waals surface area contributed by atoms with E-state index in [1.54, 1.807) is 12.1 Å². The van der Waals surface area contributed by atoms with Gasteiger partial charge in [-0.15, -0.1) is 0 Å². The minimum Gasteiger partial charge on any atom is -0.389 e. The number of halogens is 1. The second-order valence-corrected chi connectivity index (χ2v) is 7.78. The van der Waals surface area contributed by atoms with Gasteiger partial charge in [-0.1, -0.05) is 23.8 Å². The van der Waals surface area contributed by atoms with Gasteiger partial charge in [-0.05, 0) is 30.5 Å². The molecule has 0 spiro atoms. The van der Waals surface area contributed by atoms with E-state index in [0.717, 1.165) is 5.69 Å². The third-order valence-corrected chi connectivity index (χ3v) is 5.53. The minimum atomic E-state index is -2.83. The monoisotopic (exact) mass is 318 g/mol. The van der Waals surface area contributed by atoms with Gasteiger partial charge in [0.05, 0.1) is 16.5 Å². The fourth-order valence-electron chi connectivity index (χ4n) is 2.12. The van der Waals surface area contributed by atoms with Gasteiger partial charge in [-0.25, -0.2) is 8.42 Å². The largest absolute Gasteiger partial charge is 0.389 e. The van der Waals surface area contributed by atoms with E-state index in [-0.39, 0.29) is 16.7 Å². The van der Waals surface area contributed by atoms with Gasteiger partial charge in [0.15, 0.2) is 9.84 Å². The van der Waals surface area contributed by atoms with E-state index in [1.807, 2.05) is 6.07 Å². The Morgan fingerprint density at radius 1 is 1.53 bits per heavy atom. The van der Waals surface area contributed by atoms with Crippen molar-refractivity contribution in [3.8, 4) is 0 Å². The number of thiocarbonyl (C=S) groups is 1. The van der Waals surface area contributed by atoms with Crippen molar-refractivity contribution >= 4 is 44.3 Å². The maximum atomic E-state index is 11.3. The fourth-order valence-corrected chi connectivity index (χ4v) is 4.50. The second kappa shape index (κ2) is 5.64. The highest BCUT2D eigenvalue weighted by molar-refractivity contribution is 7.91. The molecule has 1 aromatic carbocycles. The average Bonchev–Trinajstić information content (AvgIpc) is 2.66. The zero-order chi connectivity index (χ0) is 14.0. The van der Waals surface area contributed by atoms with Crippen LogP contribution in [0.3, 0.4) is 0 Å². The molecule has 4 nitrogen and oxygen atoms in total. The highest BCUT2D eigenvalue weighted by Gasteiger charge is 2.27. The normalized spacial score (nSPS) is 21.2. The van der Waals surface area contributed by atoms with Crippen LogP contribution >= 0.6 is 23.8 Å². The van der Waals surface area contributed by atoms with Crippen molar-refractivity contribution in [2.45, 2.75) is 6.42 Å². The number of rotatable bonds is 4. The van der Waals surface area contributed by atoms with Crippen LogP contribution in [0.25, 0.3) is 0 Å². The molecule has 0 aliphatic carbocycles. The van der Waals surface area contributed by atoms with Crippen LogP contribution in [0.2, 0.25) is 5.02 Å². The quantitative estimate of drug-likeness (QED) is 0.829. The van der Waals surface area contributed by atoms with Crippen molar-refractivity contribution < 1.29 is 8.42 Å². The molecule has 0 radical (unpaired) electrons. The lowest BCUT2D eigenvalue weighted by Gasteiger charge is -2.12. The molecule has 1 saturated heterocycles. The second-order valence-electron chi connectivity index (χ2n) is 4.71. The van der Waals surface area contributed by atoms with Crippen molar-refractivity contribution in [1.82, 2.24) is 0 Å². The van der Waals surface area contributed by atoms with Crippen LogP contribution in [0.1, 0.15) is 12.0 Å². The molecule has 0 aromatic heterocycles. The summed E-state index contributed by atoms with van der Waals surface area (Å²) in [5.74, 6) is 0.721. The third kappa shape index (κ3) is 3.81. The molecule has 1 heterocycles. The van der Waals surface area contributed by atoms with E-state index in [9.17, 15) is 8.42 Å². The molecule has 0 saturated carbocycles. The Bertz CT molecular complexity index is 602. The summed E-state index contributed by atoms with van der Waals surface area (Å²) in [6.07, 6.45) is 0.716. The predicted molar refractivity (Wildman–Crippen MR) is 82.6 cm³/mol. The van der Waals surface area contributed by atoms with Gasteiger partial charge in [-0.3, -0.25) is 0 Å². The summed E-state index contributed by atoms with van der Waals surface area (Å²) < 4.78 is 22.7. The van der Waals surface area contributed by atoms with Crippen LogP contribution in [0.4, 0.5) is 5.69 Å². The number of hydrogen-bond donors (Lipinski definition) is 2. The zero-order valence-corrected chi connectivity index (χ0v) is 12.6. The molecule has 104 valence electrons. The molecule has 0 amide bonds. The predicted octanol–water partition coefficient (Wildman–Crippen LogP) is 1.82. The summed E-state index contributed by atoms with van der Waals surface area (Å²) in [4.78, 5) is 0.262. The smallest absolute Gasteiger partial charge is 0.150 e. The zero-order valence-electron chi connectivity index (χ0n) is 10.2. The van der Waals surface area contributed by atoms with Crippen LogP contribution in [-0.2, 0) is 9.84 Å². The Kier molecular flexibility index (Phi) is 4.32. The van der Waals surface area contributed by atoms with Crippen molar-refractivity contribution in [2.24, 2.45) is 11.7 Å². The molecule has 7 heteroatoms. The molecule has 3 N–H and O–H groups in total. The van der Waals surface area contributed by atoms with Crippen LogP contribution < -0.4 is 11.1 Å². The van der Waals surface area contributed by atoms with E-state index < -0.39 is 9.84 Å². The Labute approximate surface area is 123 Å². The first kappa shape index (κ1) is 14.6. The lowest BCUT2D eigenvalue weighted by atomic mass is 10.1. The van der Waals surface area contributed by atoms with Gasteiger partial charge in [0.25, 0.3) is 0 Å². The third-order valence-electron chi connectivity index (χ3n) is 3.16. The molecule has 1 aromatic rings. The van der Waals surface area contributed by atoms with Crippen LogP contribution in [0.5, 0.6) is 0 Å². The Hall–Kier alpha value is -0.850.